The lowest BCUT2D eigenvalue weighted by molar-refractivity contribution is 0.0950. The summed E-state index contributed by atoms with van der Waals surface area (Å²) in [6.45, 7) is 4.58. The van der Waals surface area contributed by atoms with Crippen molar-refractivity contribution in [3.05, 3.63) is 28.8 Å². The third kappa shape index (κ3) is 5.11. The van der Waals surface area contributed by atoms with Gasteiger partial charge in [-0.2, -0.15) is 0 Å². The molecule has 0 aliphatic heterocycles. The van der Waals surface area contributed by atoms with Gasteiger partial charge < -0.3 is 10.1 Å². The summed E-state index contributed by atoms with van der Waals surface area (Å²) in [6, 6.07) is 2.99. The number of hydrogen-bond acceptors (Lipinski definition) is 4. The van der Waals surface area contributed by atoms with Gasteiger partial charge in [0.1, 0.15) is 0 Å². The third-order valence-electron chi connectivity index (χ3n) is 3.13. The first-order valence-electron chi connectivity index (χ1n) is 6.68. The van der Waals surface area contributed by atoms with E-state index < -0.39 is 10.0 Å². The lowest BCUT2D eigenvalue weighted by atomic mass is 10.0. The second-order valence-electron chi connectivity index (χ2n) is 4.93. The number of ether oxygens (including phenoxy) is 1. The van der Waals surface area contributed by atoms with E-state index in [2.05, 4.69) is 5.32 Å². The van der Waals surface area contributed by atoms with Crippen LogP contribution in [-0.4, -0.2) is 34.6 Å². The molecule has 0 fully saturated rings. The van der Waals surface area contributed by atoms with Crippen molar-refractivity contribution in [3.63, 3.8) is 0 Å². The van der Waals surface area contributed by atoms with Gasteiger partial charge in [-0.1, -0.05) is 6.07 Å². The molecule has 0 heterocycles. The molecule has 1 amide bonds. The van der Waals surface area contributed by atoms with Crippen LogP contribution in [-0.2, 0) is 14.8 Å². The van der Waals surface area contributed by atoms with Gasteiger partial charge in [-0.3, -0.25) is 4.79 Å². The highest BCUT2D eigenvalue weighted by molar-refractivity contribution is 7.89. The fourth-order valence-electron chi connectivity index (χ4n) is 2.05. The Labute approximate surface area is 125 Å². The molecule has 6 nitrogen and oxygen atoms in total. The van der Waals surface area contributed by atoms with Gasteiger partial charge in [0.2, 0.25) is 10.0 Å². The highest BCUT2D eigenvalue weighted by Crippen LogP contribution is 2.19. The lowest BCUT2D eigenvalue weighted by Gasteiger charge is -2.11. The molecule has 7 heteroatoms. The molecule has 0 atom stereocenters. The minimum absolute atomic E-state index is 0.0161. The van der Waals surface area contributed by atoms with Crippen molar-refractivity contribution in [1.82, 2.24) is 5.32 Å². The van der Waals surface area contributed by atoms with Crippen LogP contribution in [0.4, 0.5) is 0 Å². The van der Waals surface area contributed by atoms with E-state index in [0.29, 0.717) is 29.8 Å². The number of carbonyl (C=O) groups excluding carboxylic acids is 1. The number of nitrogens with two attached hydrogens (primary N) is 1. The Hall–Kier alpha value is -1.44. The summed E-state index contributed by atoms with van der Waals surface area (Å²) < 4.78 is 27.9. The number of carbonyl (C=O) groups is 1. The SMILES string of the molecule is COCCCCNC(=O)c1cc(S(N)(=O)=O)c(C)cc1C. The average molecular weight is 314 g/mol. The van der Waals surface area contributed by atoms with Gasteiger partial charge in [0, 0.05) is 25.8 Å². The van der Waals surface area contributed by atoms with Crippen LogP contribution >= 0.6 is 0 Å². The number of aryl methyl sites for hydroxylation is 2. The van der Waals surface area contributed by atoms with Crippen LogP contribution in [0.1, 0.15) is 34.3 Å². The van der Waals surface area contributed by atoms with E-state index in [0.717, 1.165) is 12.8 Å². The van der Waals surface area contributed by atoms with E-state index >= 15 is 0 Å². The van der Waals surface area contributed by atoms with Crippen molar-refractivity contribution in [2.24, 2.45) is 5.14 Å². The fourth-order valence-corrected chi connectivity index (χ4v) is 2.84. The van der Waals surface area contributed by atoms with Crippen LogP contribution in [0.2, 0.25) is 0 Å². The molecule has 0 saturated carbocycles. The molecule has 0 radical (unpaired) electrons. The zero-order chi connectivity index (χ0) is 16.0. The summed E-state index contributed by atoms with van der Waals surface area (Å²) in [4.78, 5) is 12.1. The summed E-state index contributed by atoms with van der Waals surface area (Å²) in [7, 11) is -2.21. The first-order chi connectivity index (χ1) is 9.77. The first-order valence-corrected chi connectivity index (χ1v) is 8.23. The largest absolute Gasteiger partial charge is 0.385 e. The van der Waals surface area contributed by atoms with Gasteiger partial charge in [0.25, 0.3) is 5.91 Å². The molecule has 0 spiro atoms. The van der Waals surface area contributed by atoms with Gasteiger partial charge in [-0.15, -0.1) is 0 Å². The lowest BCUT2D eigenvalue weighted by Crippen LogP contribution is -2.26. The Kier molecular flexibility index (Phi) is 6.32. The zero-order valence-electron chi connectivity index (χ0n) is 12.6. The minimum Gasteiger partial charge on any atom is -0.385 e. The Balaban J connectivity index is 2.85. The molecule has 0 aliphatic carbocycles. The monoisotopic (exact) mass is 314 g/mol. The Bertz CT molecular complexity index is 612. The van der Waals surface area contributed by atoms with Crippen molar-refractivity contribution >= 4 is 15.9 Å². The highest BCUT2D eigenvalue weighted by atomic mass is 32.2. The van der Waals surface area contributed by atoms with E-state index in [1.165, 1.54) is 6.07 Å². The molecule has 1 aromatic rings. The number of unbranched alkanes of at least 4 members (excludes halogenated alkanes) is 1. The molecule has 0 bridgehead atoms. The smallest absolute Gasteiger partial charge is 0.251 e. The highest BCUT2D eigenvalue weighted by Gasteiger charge is 2.17. The number of amides is 1. The summed E-state index contributed by atoms with van der Waals surface area (Å²) in [5.74, 6) is -0.296. The molecular formula is C14H22N2O4S. The van der Waals surface area contributed by atoms with Crippen molar-refractivity contribution in [2.75, 3.05) is 20.3 Å². The number of sulfonamides is 1. The predicted molar refractivity (Wildman–Crippen MR) is 80.7 cm³/mol. The molecule has 1 aromatic carbocycles. The normalized spacial score (nSPS) is 11.4. The standard InChI is InChI=1S/C14H22N2O4S/c1-10-8-11(2)13(21(15,18)19)9-12(10)14(17)16-6-4-5-7-20-3/h8-9H,4-7H2,1-3H3,(H,16,17)(H2,15,18,19). The quantitative estimate of drug-likeness (QED) is 0.736. The average Bonchev–Trinajstić information content (AvgIpc) is 2.36. The molecule has 1 rings (SSSR count). The number of methoxy groups -OCH3 is 1. The maximum atomic E-state index is 12.1. The van der Waals surface area contributed by atoms with Crippen molar-refractivity contribution < 1.29 is 17.9 Å². The van der Waals surface area contributed by atoms with Crippen LogP contribution in [0.25, 0.3) is 0 Å². The zero-order valence-corrected chi connectivity index (χ0v) is 13.4. The Morgan fingerprint density at radius 2 is 1.90 bits per heavy atom. The second-order valence-corrected chi connectivity index (χ2v) is 6.46. The molecular weight excluding hydrogens is 292 g/mol. The molecule has 0 aliphatic rings. The van der Waals surface area contributed by atoms with Gasteiger partial charge >= 0.3 is 0 Å². The van der Waals surface area contributed by atoms with Gasteiger partial charge in [-0.05, 0) is 43.9 Å². The van der Waals surface area contributed by atoms with Gasteiger partial charge in [0.15, 0.2) is 0 Å². The van der Waals surface area contributed by atoms with Crippen molar-refractivity contribution in [1.29, 1.82) is 0 Å². The van der Waals surface area contributed by atoms with Crippen molar-refractivity contribution in [3.8, 4) is 0 Å². The molecule has 0 aromatic heterocycles. The van der Waals surface area contributed by atoms with Crippen LogP contribution in [0.3, 0.4) is 0 Å². The van der Waals surface area contributed by atoms with Crippen molar-refractivity contribution in [2.45, 2.75) is 31.6 Å². The van der Waals surface area contributed by atoms with E-state index in [-0.39, 0.29) is 10.8 Å². The summed E-state index contributed by atoms with van der Waals surface area (Å²) in [5, 5.41) is 7.92. The topological polar surface area (TPSA) is 98.5 Å². The Morgan fingerprint density at radius 1 is 1.24 bits per heavy atom. The third-order valence-corrected chi connectivity index (χ3v) is 4.19. The number of hydrogen-bond donors (Lipinski definition) is 2. The van der Waals surface area contributed by atoms with Gasteiger partial charge in [-0.25, -0.2) is 13.6 Å². The minimum atomic E-state index is -3.84. The van der Waals surface area contributed by atoms with Crippen LogP contribution in [0, 0.1) is 13.8 Å². The van der Waals surface area contributed by atoms with Crippen LogP contribution < -0.4 is 10.5 Å². The number of rotatable bonds is 7. The fraction of sp³-hybridized carbons (Fsp3) is 0.500. The first kappa shape index (κ1) is 17.6. The van der Waals surface area contributed by atoms with E-state index in [4.69, 9.17) is 9.88 Å². The molecule has 0 saturated heterocycles. The number of primary sulfonamides is 1. The maximum Gasteiger partial charge on any atom is 0.251 e. The van der Waals surface area contributed by atoms with E-state index in [1.54, 1.807) is 27.0 Å². The molecule has 0 unspecified atom stereocenters. The second kappa shape index (κ2) is 7.53. The summed E-state index contributed by atoms with van der Waals surface area (Å²) in [6.07, 6.45) is 1.65. The van der Waals surface area contributed by atoms with Crippen LogP contribution in [0.5, 0.6) is 0 Å². The molecule has 118 valence electrons. The summed E-state index contributed by atoms with van der Waals surface area (Å²) in [5.41, 5.74) is 1.58. The predicted octanol–water partition coefficient (Wildman–Crippen LogP) is 1.11. The van der Waals surface area contributed by atoms with E-state index in [9.17, 15) is 13.2 Å². The molecule has 21 heavy (non-hydrogen) atoms. The maximum absolute atomic E-state index is 12.1. The number of nitrogens with one attached hydrogen (secondary N) is 1. The Morgan fingerprint density at radius 3 is 2.48 bits per heavy atom. The number of benzene rings is 1. The summed E-state index contributed by atoms with van der Waals surface area (Å²) >= 11 is 0. The van der Waals surface area contributed by atoms with E-state index in [1.807, 2.05) is 0 Å². The molecule has 3 N–H and O–H groups in total. The van der Waals surface area contributed by atoms with Crippen LogP contribution in [0.15, 0.2) is 17.0 Å². The van der Waals surface area contributed by atoms with Gasteiger partial charge in [0.05, 0.1) is 4.90 Å².